The smallest absolute Gasteiger partial charge is 0.237 e. The van der Waals surface area contributed by atoms with Gasteiger partial charge in [-0.15, -0.1) is 5.10 Å². The van der Waals surface area contributed by atoms with Crippen LogP contribution in [0.1, 0.15) is 5.82 Å². The molecule has 0 aliphatic heterocycles. The number of nitrogens with two attached hydrogens (primary N) is 1. The van der Waals surface area contributed by atoms with E-state index in [4.69, 9.17) is 5.73 Å². The third-order valence-corrected chi connectivity index (χ3v) is 0.863. The number of carbonyl (C=O) groups excluding carboxylic acids is 1. The number of nitrogens with zero attached hydrogens (tertiary/aromatic N) is 3. The van der Waals surface area contributed by atoms with E-state index >= 15 is 0 Å². The average molecular weight is 126 g/mol. The Kier molecular flexibility index (Phi) is 1.18. The van der Waals surface area contributed by atoms with Crippen molar-refractivity contribution in [3.05, 3.63) is 5.82 Å². The van der Waals surface area contributed by atoms with Crippen LogP contribution in [0.25, 0.3) is 0 Å². The fraction of sp³-hybridized carbons (Fsp3) is 0.250. The lowest BCUT2D eigenvalue weighted by Gasteiger charge is -1.83. The minimum Gasteiger partial charge on any atom is -0.368 e. The van der Waals surface area contributed by atoms with E-state index in [9.17, 15) is 4.79 Å². The molecule has 0 unspecified atom stereocenters. The highest BCUT2D eigenvalue weighted by Gasteiger charge is 1.98. The highest BCUT2D eigenvalue weighted by molar-refractivity contribution is 5.55. The number of rotatable bonds is 1. The minimum atomic E-state index is 0.127. The summed E-state index contributed by atoms with van der Waals surface area (Å²) in [6.45, 7) is 1.66. The zero-order chi connectivity index (χ0) is 6.85. The van der Waals surface area contributed by atoms with Gasteiger partial charge in [-0.3, -0.25) is 4.79 Å². The number of aromatic nitrogens is 3. The summed E-state index contributed by atoms with van der Waals surface area (Å²) in [5, 5.41) is 3.64. The molecular formula is C4H6N4O. The number of hydrogen-bond acceptors (Lipinski definition) is 4. The molecule has 0 saturated carbocycles. The largest absolute Gasteiger partial charge is 0.368 e. The van der Waals surface area contributed by atoms with Crippen LogP contribution in [-0.2, 0) is 4.79 Å². The van der Waals surface area contributed by atoms with Crippen LogP contribution in [0.15, 0.2) is 0 Å². The van der Waals surface area contributed by atoms with E-state index in [1.165, 1.54) is 0 Å². The van der Waals surface area contributed by atoms with Crippen molar-refractivity contribution < 1.29 is 4.79 Å². The van der Waals surface area contributed by atoms with E-state index in [2.05, 4.69) is 10.1 Å². The van der Waals surface area contributed by atoms with E-state index < -0.39 is 0 Å². The molecule has 5 nitrogen and oxygen atoms in total. The van der Waals surface area contributed by atoms with Gasteiger partial charge in [-0.2, -0.15) is 9.67 Å². The number of nitrogen functional groups attached to an aromatic ring is 1. The van der Waals surface area contributed by atoms with Crippen molar-refractivity contribution in [2.45, 2.75) is 6.92 Å². The standard InChI is InChI=1S/C4H6N4O/c1-3-6-4(5)8(2-9)7-3/h2H,1H3,(H2,5,6,7). The third kappa shape index (κ3) is 0.883. The molecule has 48 valence electrons. The van der Waals surface area contributed by atoms with Gasteiger partial charge in [-0.1, -0.05) is 0 Å². The molecule has 0 fully saturated rings. The van der Waals surface area contributed by atoms with Gasteiger partial charge in [0.1, 0.15) is 5.82 Å². The van der Waals surface area contributed by atoms with E-state index in [-0.39, 0.29) is 5.95 Å². The third-order valence-electron chi connectivity index (χ3n) is 0.863. The molecule has 9 heavy (non-hydrogen) atoms. The van der Waals surface area contributed by atoms with E-state index in [0.717, 1.165) is 4.68 Å². The predicted octanol–water partition coefficient (Wildman–Crippen LogP) is -0.793. The maximum absolute atomic E-state index is 10.0. The van der Waals surface area contributed by atoms with Gasteiger partial charge < -0.3 is 5.73 Å². The first-order valence-corrected chi connectivity index (χ1v) is 2.38. The SMILES string of the molecule is Cc1nc(N)n(C=O)n1. The Morgan fingerprint density at radius 3 is 2.67 bits per heavy atom. The van der Waals surface area contributed by atoms with Crippen LogP contribution >= 0.6 is 0 Å². The fourth-order valence-electron chi connectivity index (χ4n) is 0.524. The topological polar surface area (TPSA) is 73.8 Å². The van der Waals surface area contributed by atoms with Gasteiger partial charge in [0.2, 0.25) is 12.4 Å². The monoisotopic (exact) mass is 126 g/mol. The summed E-state index contributed by atoms with van der Waals surface area (Å²) in [6.07, 6.45) is 0.509. The maximum Gasteiger partial charge on any atom is 0.237 e. The molecule has 0 aliphatic carbocycles. The Hall–Kier alpha value is -1.39. The molecule has 2 N–H and O–H groups in total. The molecule has 1 aromatic rings. The molecular weight excluding hydrogens is 120 g/mol. The molecule has 0 bridgehead atoms. The molecule has 0 atom stereocenters. The normalized spacial score (nSPS) is 9.44. The van der Waals surface area contributed by atoms with Crippen molar-refractivity contribution in [3.8, 4) is 0 Å². The molecule has 0 radical (unpaired) electrons. The Morgan fingerprint density at radius 1 is 1.78 bits per heavy atom. The lowest BCUT2D eigenvalue weighted by Crippen LogP contribution is -2.02. The van der Waals surface area contributed by atoms with Gasteiger partial charge in [0.05, 0.1) is 0 Å². The fourth-order valence-corrected chi connectivity index (χ4v) is 0.524. The number of aryl methyl sites for hydroxylation is 1. The molecule has 0 saturated heterocycles. The summed E-state index contributed by atoms with van der Waals surface area (Å²) in [5.74, 6) is 0.627. The van der Waals surface area contributed by atoms with Gasteiger partial charge in [-0.25, -0.2) is 0 Å². The molecule has 5 heteroatoms. The molecule has 0 aliphatic rings. The lowest BCUT2D eigenvalue weighted by molar-refractivity contribution is 0.541. The quantitative estimate of drug-likeness (QED) is 0.500. The summed E-state index contributed by atoms with van der Waals surface area (Å²) in [6, 6.07) is 0. The van der Waals surface area contributed by atoms with Crippen LogP contribution < -0.4 is 5.73 Å². The Bertz CT molecular complexity index is 228. The Morgan fingerprint density at radius 2 is 2.44 bits per heavy atom. The van der Waals surface area contributed by atoms with Crippen molar-refractivity contribution in [2.75, 3.05) is 5.73 Å². The van der Waals surface area contributed by atoms with Crippen molar-refractivity contribution in [1.29, 1.82) is 0 Å². The van der Waals surface area contributed by atoms with Gasteiger partial charge >= 0.3 is 0 Å². The second-order valence-corrected chi connectivity index (χ2v) is 1.57. The van der Waals surface area contributed by atoms with Crippen LogP contribution in [0, 0.1) is 6.92 Å². The Balaban J connectivity index is 3.15. The van der Waals surface area contributed by atoms with Crippen LogP contribution in [0.5, 0.6) is 0 Å². The van der Waals surface area contributed by atoms with Crippen LogP contribution in [0.4, 0.5) is 5.95 Å². The number of hydrogen-bond donors (Lipinski definition) is 1. The zero-order valence-electron chi connectivity index (χ0n) is 4.90. The second kappa shape index (κ2) is 1.85. The zero-order valence-corrected chi connectivity index (χ0v) is 4.90. The molecule has 1 heterocycles. The first-order chi connectivity index (χ1) is 4.24. The van der Waals surface area contributed by atoms with Crippen molar-refractivity contribution >= 4 is 12.4 Å². The van der Waals surface area contributed by atoms with Crippen molar-refractivity contribution in [3.63, 3.8) is 0 Å². The van der Waals surface area contributed by atoms with Crippen molar-refractivity contribution in [2.24, 2.45) is 0 Å². The highest BCUT2D eigenvalue weighted by atomic mass is 16.1. The highest BCUT2D eigenvalue weighted by Crippen LogP contribution is 1.93. The van der Waals surface area contributed by atoms with Crippen LogP contribution in [0.2, 0.25) is 0 Å². The maximum atomic E-state index is 10.0. The molecule has 1 rings (SSSR count). The summed E-state index contributed by atoms with van der Waals surface area (Å²) < 4.78 is 0.981. The first-order valence-electron chi connectivity index (χ1n) is 2.38. The molecule has 0 aromatic carbocycles. The first kappa shape index (κ1) is 5.74. The van der Waals surface area contributed by atoms with Gasteiger partial charge in [0, 0.05) is 0 Å². The van der Waals surface area contributed by atoms with Crippen LogP contribution in [-0.4, -0.2) is 21.2 Å². The number of anilines is 1. The lowest BCUT2D eigenvalue weighted by atomic mass is 10.8. The number of carbonyl (C=O) groups is 1. The van der Waals surface area contributed by atoms with Gasteiger partial charge in [-0.05, 0) is 6.92 Å². The minimum absolute atomic E-state index is 0.127. The predicted molar refractivity (Wildman–Crippen MR) is 31.3 cm³/mol. The van der Waals surface area contributed by atoms with Crippen LogP contribution in [0.3, 0.4) is 0 Å². The average Bonchev–Trinajstić information content (AvgIpc) is 2.10. The van der Waals surface area contributed by atoms with Crippen molar-refractivity contribution in [1.82, 2.24) is 14.8 Å². The molecule has 0 amide bonds. The van der Waals surface area contributed by atoms with Gasteiger partial charge in [0.25, 0.3) is 0 Å². The van der Waals surface area contributed by atoms with Gasteiger partial charge in [0.15, 0.2) is 0 Å². The van der Waals surface area contributed by atoms with E-state index in [0.29, 0.717) is 12.2 Å². The summed E-state index contributed by atoms with van der Waals surface area (Å²) in [5.41, 5.74) is 5.21. The van der Waals surface area contributed by atoms with E-state index in [1.54, 1.807) is 6.92 Å². The summed E-state index contributed by atoms with van der Waals surface area (Å²) in [4.78, 5) is 13.7. The second-order valence-electron chi connectivity index (χ2n) is 1.57. The molecule has 1 aromatic heterocycles. The summed E-state index contributed by atoms with van der Waals surface area (Å²) in [7, 11) is 0. The molecule has 0 spiro atoms. The van der Waals surface area contributed by atoms with E-state index in [1.807, 2.05) is 0 Å². The Labute approximate surface area is 51.5 Å². The summed E-state index contributed by atoms with van der Waals surface area (Å²) >= 11 is 0.